The van der Waals surface area contributed by atoms with E-state index in [0.29, 0.717) is 17.9 Å². The number of carbonyl (C=O) groups excluding carboxylic acids is 1. The van der Waals surface area contributed by atoms with E-state index in [2.05, 4.69) is 118 Å². The van der Waals surface area contributed by atoms with Gasteiger partial charge < -0.3 is 25.0 Å². The molecule has 0 saturated carbocycles. The van der Waals surface area contributed by atoms with Crippen LogP contribution in [-0.4, -0.2) is 97.1 Å². The number of hydrogen-bond acceptors (Lipinski definition) is 9. The third kappa shape index (κ3) is 9.13. The van der Waals surface area contributed by atoms with Gasteiger partial charge in [-0.3, -0.25) is 19.4 Å². The van der Waals surface area contributed by atoms with Gasteiger partial charge in [0.25, 0.3) is 6.47 Å². The van der Waals surface area contributed by atoms with Crippen molar-refractivity contribution in [3.05, 3.63) is 95.3 Å². The molecule has 3 aromatic heterocycles. The first-order valence-electron chi connectivity index (χ1n) is 20.6. The van der Waals surface area contributed by atoms with Crippen molar-refractivity contribution < 1.29 is 19.4 Å². The molecule has 2 aromatic carbocycles. The number of benzene rings is 2. The Labute approximate surface area is 341 Å². The minimum Gasteiger partial charge on any atom is -0.484 e. The zero-order valence-corrected chi connectivity index (χ0v) is 34.6. The highest BCUT2D eigenvalue weighted by Crippen LogP contribution is 2.39. The van der Waals surface area contributed by atoms with Crippen molar-refractivity contribution in [2.45, 2.75) is 103 Å². The Morgan fingerprint density at radius 3 is 2.36 bits per heavy atom. The molecule has 3 N–H and O–H groups in total. The average Bonchev–Trinajstić information content (AvgIpc) is 3.82. The number of ether oxygens (including phenoxy) is 1. The molecule has 0 bridgehead atoms. The largest absolute Gasteiger partial charge is 0.484 e. The molecule has 2 saturated heterocycles. The van der Waals surface area contributed by atoms with Gasteiger partial charge in [-0.15, -0.1) is 10.2 Å². The molecule has 308 valence electrons. The summed E-state index contributed by atoms with van der Waals surface area (Å²) in [5.41, 5.74) is 5.83. The number of carboxylic acid groups (broad SMARTS) is 1. The SMILES string of the molecule is C[C@@H]1CCC[C@H](C)N1c1nnc2ccc(O[C@@H]3CC[C@H](NC(=O)Nc4cc(C(C)(C)C)nn4-c4cccc(CN5CCN(C)CC5)c4)c4ccccc43)cn12.O=CO. The predicted molar refractivity (Wildman–Crippen MR) is 226 cm³/mol. The van der Waals surface area contributed by atoms with Gasteiger partial charge in [-0.05, 0) is 94.0 Å². The van der Waals surface area contributed by atoms with Gasteiger partial charge in [0, 0.05) is 56.3 Å². The maximum absolute atomic E-state index is 13.8. The fraction of sp³-hybridized carbons (Fsp3) is 0.477. The molecule has 5 heterocycles. The van der Waals surface area contributed by atoms with E-state index in [4.69, 9.17) is 19.7 Å². The second kappa shape index (κ2) is 17.6. The number of anilines is 2. The summed E-state index contributed by atoms with van der Waals surface area (Å²) in [6, 6.07) is 23.1. The van der Waals surface area contributed by atoms with Crippen molar-refractivity contribution in [3.8, 4) is 11.4 Å². The van der Waals surface area contributed by atoms with Gasteiger partial charge in [0.15, 0.2) is 5.65 Å². The van der Waals surface area contributed by atoms with Crippen LogP contribution in [0.15, 0.2) is 72.9 Å². The maximum Gasteiger partial charge on any atom is 0.320 e. The summed E-state index contributed by atoms with van der Waals surface area (Å²) < 4.78 is 10.7. The third-order valence-corrected chi connectivity index (χ3v) is 11.7. The highest BCUT2D eigenvalue weighted by Gasteiger charge is 2.32. The average molecular weight is 791 g/mol. The van der Waals surface area contributed by atoms with Crippen LogP contribution >= 0.6 is 0 Å². The van der Waals surface area contributed by atoms with Crippen LogP contribution in [-0.2, 0) is 16.8 Å². The number of piperidine rings is 1. The number of nitrogens with one attached hydrogen (secondary N) is 2. The first kappa shape index (κ1) is 40.7. The molecule has 14 heteroatoms. The van der Waals surface area contributed by atoms with Gasteiger partial charge in [0.05, 0.1) is 23.6 Å². The van der Waals surface area contributed by atoms with E-state index in [-0.39, 0.29) is 30.1 Å². The van der Waals surface area contributed by atoms with Crippen LogP contribution in [0.3, 0.4) is 0 Å². The summed E-state index contributed by atoms with van der Waals surface area (Å²) in [6.07, 6.45) is 6.88. The topological polar surface area (TPSA) is 145 Å². The maximum atomic E-state index is 13.8. The Balaban J connectivity index is 0.00000166. The second-order valence-electron chi connectivity index (χ2n) is 17.0. The first-order valence-corrected chi connectivity index (χ1v) is 20.6. The van der Waals surface area contributed by atoms with Crippen molar-refractivity contribution in [3.63, 3.8) is 0 Å². The summed E-state index contributed by atoms with van der Waals surface area (Å²) in [5.74, 6) is 2.28. The summed E-state index contributed by atoms with van der Waals surface area (Å²) in [6.45, 7) is 15.9. The smallest absolute Gasteiger partial charge is 0.320 e. The molecular weight excluding hydrogens is 733 g/mol. The molecule has 5 aromatic rings. The van der Waals surface area contributed by atoms with Gasteiger partial charge in [0.1, 0.15) is 17.7 Å². The molecule has 4 atom stereocenters. The van der Waals surface area contributed by atoms with E-state index in [1.807, 2.05) is 41.2 Å². The molecule has 0 radical (unpaired) electrons. The summed E-state index contributed by atoms with van der Waals surface area (Å²) in [7, 11) is 2.18. The van der Waals surface area contributed by atoms with Gasteiger partial charge in [0.2, 0.25) is 5.95 Å². The zero-order chi connectivity index (χ0) is 41.0. The minimum absolute atomic E-state index is 0.156. The number of aromatic nitrogens is 5. The highest BCUT2D eigenvalue weighted by atomic mass is 16.5. The molecule has 58 heavy (non-hydrogen) atoms. The minimum atomic E-state index is -0.263. The van der Waals surface area contributed by atoms with Crippen molar-refractivity contribution >= 4 is 29.9 Å². The molecule has 0 spiro atoms. The van der Waals surface area contributed by atoms with Crippen LogP contribution < -0.4 is 20.3 Å². The number of fused-ring (bicyclic) bond motifs is 2. The van der Waals surface area contributed by atoms with E-state index in [9.17, 15) is 4.79 Å². The fourth-order valence-corrected chi connectivity index (χ4v) is 8.50. The predicted octanol–water partition coefficient (Wildman–Crippen LogP) is 7.20. The van der Waals surface area contributed by atoms with E-state index in [1.54, 1.807) is 0 Å². The number of urea groups is 1. The first-order chi connectivity index (χ1) is 27.9. The molecule has 1 aliphatic carbocycles. The van der Waals surface area contributed by atoms with E-state index in [1.165, 1.54) is 12.0 Å². The molecular formula is C44H58N10O4. The summed E-state index contributed by atoms with van der Waals surface area (Å²) >= 11 is 0. The van der Waals surface area contributed by atoms with Gasteiger partial charge >= 0.3 is 6.03 Å². The Bertz CT molecular complexity index is 2180. The molecule has 2 aliphatic heterocycles. The van der Waals surface area contributed by atoms with Crippen LogP contribution in [0.2, 0.25) is 0 Å². The van der Waals surface area contributed by atoms with Gasteiger partial charge in [-0.1, -0.05) is 57.2 Å². The summed E-state index contributed by atoms with van der Waals surface area (Å²) in [5, 5.41) is 27.5. The zero-order valence-electron chi connectivity index (χ0n) is 34.6. The molecule has 2 amide bonds. The number of amides is 2. The molecule has 3 aliphatic rings. The lowest BCUT2D eigenvalue weighted by Crippen LogP contribution is -2.44. The van der Waals surface area contributed by atoms with Crippen LogP contribution in [0.5, 0.6) is 5.75 Å². The fourth-order valence-electron chi connectivity index (χ4n) is 8.50. The van der Waals surface area contributed by atoms with Crippen molar-refractivity contribution in [2.24, 2.45) is 0 Å². The number of hydrogen-bond donors (Lipinski definition) is 3. The van der Waals surface area contributed by atoms with Crippen LogP contribution in [0.1, 0.15) is 101 Å². The van der Waals surface area contributed by atoms with Crippen molar-refractivity contribution in [1.29, 1.82) is 0 Å². The van der Waals surface area contributed by atoms with Crippen molar-refractivity contribution in [1.82, 2.24) is 39.5 Å². The standard InChI is InChI=1S/C43H56N10O2.CH2O2/c1-29-11-9-12-30(2)52(29)42-47-46-39-20-17-33(28-51(39)42)55-37-19-18-36(34-15-7-8-16-35(34)37)44-41(54)45-40-26-38(43(3,4)5)48-53(40)32-14-10-13-31(25-32)27-50-23-21-49(6)22-24-50;2-1-3/h7-8,10,13-17,20,25-26,28-30,36-37H,9,11-12,18-19,21-24,27H2,1-6H3,(H2,44,45,54);1H,(H,2,3)/t29-,30+,36-,37+;/m0./s1. The highest BCUT2D eigenvalue weighted by molar-refractivity contribution is 5.89. The van der Waals surface area contributed by atoms with E-state index < -0.39 is 0 Å². The van der Waals surface area contributed by atoms with E-state index >= 15 is 0 Å². The number of carbonyl (C=O) groups is 2. The Morgan fingerprint density at radius 2 is 1.64 bits per heavy atom. The third-order valence-electron chi connectivity index (χ3n) is 11.7. The van der Waals surface area contributed by atoms with Gasteiger partial charge in [-0.25, -0.2) is 9.48 Å². The number of pyridine rings is 1. The van der Waals surface area contributed by atoms with Gasteiger partial charge in [-0.2, -0.15) is 5.10 Å². The molecule has 2 fully saturated rings. The summed E-state index contributed by atoms with van der Waals surface area (Å²) in [4.78, 5) is 29.5. The monoisotopic (exact) mass is 790 g/mol. The lowest BCUT2D eigenvalue weighted by atomic mass is 9.85. The van der Waals surface area contributed by atoms with Crippen LogP contribution in [0.4, 0.5) is 16.6 Å². The molecule has 8 rings (SSSR count). The Kier molecular flexibility index (Phi) is 12.3. The quantitative estimate of drug-likeness (QED) is 0.138. The lowest BCUT2D eigenvalue weighted by molar-refractivity contribution is -0.122. The number of nitrogens with zero attached hydrogens (tertiary/aromatic N) is 8. The van der Waals surface area contributed by atoms with Crippen LogP contribution in [0, 0.1) is 0 Å². The second-order valence-corrected chi connectivity index (χ2v) is 17.0. The Morgan fingerprint density at radius 1 is 0.914 bits per heavy atom. The van der Waals surface area contributed by atoms with Crippen molar-refractivity contribution in [2.75, 3.05) is 43.4 Å². The lowest BCUT2D eigenvalue weighted by Gasteiger charge is -2.39. The number of likely N-dealkylation sites (N-methyl/N-ethyl adjacent to an activating group) is 1. The molecule has 0 unspecified atom stereocenters. The van der Waals surface area contributed by atoms with E-state index in [0.717, 1.165) is 98.3 Å². The Hall–Kier alpha value is -5.47. The number of piperazine rings is 1. The van der Waals surface area contributed by atoms with Crippen LogP contribution in [0.25, 0.3) is 11.3 Å². The molecule has 14 nitrogen and oxygen atoms in total. The number of rotatable bonds is 8. The normalized spacial score (nSPS) is 21.4.